The number of benzene rings is 1. The molecule has 0 amide bonds. The molecule has 1 N–H and O–H groups in total. The predicted octanol–water partition coefficient (Wildman–Crippen LogP) is 1.41. The minimum Gasteiger partial charge on any atom is -0.480 e. The van der Waals surface area contributed by atoms with Gasteiger partial charge >= 0.3 is 5.97 Å². The Balaban J connectivity index is 2.53. The Labute approximate surface area is 84.0 Å². The van der Waals surface area contributed by atoms with Gasteiger partial charge in [0.05, 0.1) is 6.54 Å². The predicted molar refractivity (Wildman–Crippen MR) is 54.7 cm³/mol. The second-order valence-corrected chi connectivity index (χ2v) is 3.09. The van der Waals surface area contributed by atoms with Gasteiger partial charge in [-0.3, -0.25) is 9.69 Å². The molecular weight excluding hydrogens is 178 g/mol. The van der Waals surface area contributed by atoms with Crippen LogP contribution in [0.3, 0.4) is 0 Å². The van der Waals surface area contributed by atoms with E-state index in [0.717, 1.165) is 5.56 Å². The summed E-state index contributed by atoms with van der Waals surface area (Å²) in [4.78, 5) is 12.3. The summed E-state index contributed by atoms with van der Waals surface area (Å²) in [6.45, 7) is 4.87. The van der Waals surface area contributed by atoms with Crippen molar-refractivity contribution in [1.29, 1.82) is 0 Å². The lowest BCUT2D eigenvalue weighted by atomic mass is 10.2. The van der Waals surface area contributed by atoms with Crippen LogP contribution < -0.4 is 0 Å². The van der Waals surface area contributed by atoms with Crippen LogP contribution in [0.1, 0.15) is 5.56 Å². The largest absolute Gasteiger partial charge is 0.480 e. The zero-order valence-electron chi connectivity index (χ0n) is 8.02. The van der Waals surface area contributed by atoms with Crippen molar-refractivity contribution >= 4 is 5.97 Å². The molecule has 0 atom stereocenters. The van der Waals surface area contributed by atoms with Gasteiger partial charge in [-0.1, -0.05) is 30.3 Å². The Kier molecular flexibility index (Phi) is 4.13. The summed E-state index contributed by atoms with van der Waals surface area (Å²) in [5, 5.41) is 8.62. The summed E-state index contributed by atoms with van der Waals surface area (Å²) < 4.78 is 0. The highest BCUT2D eigenvalue weighted by atomic mass is 16.4. The molecule has 3 heteroatoms. The van der Waals surface area contributed by atoms with E-state index in [4.69, 9.17) is 5.11 Å². The minimum absolute atomic E-state index is 0.0401. The van der Waals surface area contributed by atoms with Gasteiger partial charge < -0.3 is 5.11 Å². The smallest absolute Gasteiger partial charge is 0.317 e. The molecule has 14 heavy (non-hydrogen) atoms. The summed E-state index contributed by atoms with van der Waals surface area (Å²) in [6.07, 6.45) is 0. The maximum absolute atomic E-state index is 10.5. The summed E-state index contributed by atoms with van der Waals surface area (Å²) in [5.41, 5.74) is 1.11. The number of carbonyl (C=O) groups is 1. The molecule has 0 fully saturated rings. The molecule has 0 spiro atoms. The number of rotatable bonds is 5. The normalized spacial score (nSPS) is 10.4. The molecule has 1 radical (unpaired) electrons. The summed E-state index contributed by atoms with van der Waals surface area (Å²) in [5.74, 6) is -0.815. The Bertz CT molecular complexity index is 285. The lowest BCUT2D eigenvalue weighted by Gasteiger charge is -2.17. The van der Waals surface area contributed by atoms with Gasteiger partial charge in [0, 0.05) is 6.54 Å². The van der Waals surface area contributed by atoms with Crippen molar-refractivity contribution in [3.05, 3.63) is 42.8 Å². The van der Waals surface area contributed by atoms with Crippen LogP contribution in [-0.2, 0) is 11.3 Å². The van der Waals surface area contributed by atoms with Gasteiger partial charge in [-0.15, -0.1) is 0 Å². The van der Waals surface area contributed by atoms with Crippen molar-refractivity contribution in [2.24, 2.45) is 0 Å². The standard InChI is InChI=1S/C11H14NO2/c1-2-12(9-11(13)14)8-10-6-4-3-5-7-10/h3-7H,1-2,8-9H2,(H,13,14). The van der Waals surface area contributed by atoms with Gasteiger partial charge in [0.25, 0.3) is 0 Å². The zero-order valence-corrected chi connectivity index (χ0v) is 8.02. The monoisotopic (exact) mass is 192 g/mol. The Morgan fingerprint density at radius 3 is 2.50 bits per heavy atom. The summed E-state index contributed by atoms with van der Waals surface area (Å²) in [6, 6.07) is 9.78. The maximum Gasteiger partial charge on any atom is 0.317 e. The Morgan fingerprint density at radius 1 is 1.36 bits per heavy atom. The van der Waals surface area contributed by atoms with Crippen molar-refractivity contribution in [2.75, 3.05) is 13.1 Å². The molecule has 0 unspecified atom stereocenters. The number of carboxylic acids is 1. The van der Waals surface area contributed by atoms with Crippen LogP contribution in [0.5, 0.6) is 0 Å². The summed E-state index contributed by atoms with van der Waals surface area (Å²) >= 11 is 0. The Hall–Kier alpha value is -1.35. The van der Waals surface area contributed by atoms with Crippen LogP contribution in [0.25, 0.3) is 0 Å². The van der Waals surface area contributed by atoms with E-state index in [1.54, 1.807) is 4.90 Å². The maximum atomic E-state index is 10.5. The van der Waals surface area contributed by atoms with Gasteiger partial charge in [0.1, 0.15) is 0 Å². The van der Waals surface area contributed by atoms with E-state index in [2.05, 4.69) is 6.92 Å². The van der Waals surface area contributed by atoms with Gasteiger partial charge in [-0.2, -0.15) is 0 Å². The topological polar surface area (TPSA) is 40.5 Å². The molecule has 0 aliphatic carbocycles. The minimum atomic E-state index is -0.815. The van der Waals surface area contributed by atoms with Crippen LogP contribution in [0.2, 0.25) is 0 Å². The molecule has 1 rings (SSSR count). The molecule has 0 aliphatic rings. The lowest BCUT2D eigenvalue weighted by Crippen LogP contribution is -2.29. The van der Waals surface area contributed by atoms with Gasteiger partial charge in [-0.05, 0) is 19.0 Å². The molecule has 3 nitrogen and oxygen atoms in total. The van der Waals surface area contributed by atoms with E-state index < -0.39 is 5.97 Å². The van der Waals surface area contributed by atoms with E-state index in [1.807, 2.05) is 30.3 Å². The first-order valence-corrected chi connectivity index (χ1v) is 4.49. The van der Waals surface area contributed by atoms with Crippen LogP contribution in [-0.4, -0.2) is 29.1 Å². The average Bonchev–Trinajstić information content (AvgIpc) is 2.17. The third-order valence-electron chi connectivity index (χ3n) is 1.92. The molecule has 0 aromatic heterocycles. The van der Waals surface area contributed by atoms with Crippen molar-refractivity contribution < 1.29 is 9.90 Å². The van der Waals surface area contributed by atoms with Crippen molar-refractivity contribution in [1.82, 2.24) is 4.90 Å². The molecule has 0 saturated heterocycles. The number of carboxylic acid groups (broad SMARTS) is 1. The third-order valence-corrected chi connectivity index (χ3v) is 1.92. The highest BCUT2D eigenvalue weighted by molar-refractivity contribution is 5.69. The van der Waals surface area contributed by atoms with Gasteiger partial charge in [0.2, 0.25) is 0 Å². The van der Waals surface area contributed by atoms with E-state index in [1.165, 1.54) is 0 Å². The highest BCUT2D eigenvalue weighted by Crippen LogP contribution is 2.03. The second kappa shape index (κ2) is 5.40. The Morgan fingerprint density at radius 2 is 2.00 bits per heavy atom. The summed E-state index contributed by atoms with van der Waals surface area (Å²) in [7, 11) is 0. The first-order chi connectivity index (χ1) is 6.72. The van der Waals surface area contributed by atoms with Crippen LogP contribution >= 0.6 is 0 Å². The fourth-order valence-corrected chi connectivity index (χ4v) is 1.25. The first-order valence-electron chi connectivity index (χ1n) is 4.49. The van der Waals surface area contributed by atoms with Crippen molar-refractivity contribution in [3.8, 4) is 0 Å². The number of hydrogen-bond donors (Lipinski definition) is 1. The number of nitrogens with zero attached hydrogens (tertiary/aromatic N) is 1. The molecule has 75 valence electrons. The van der Waals surface area contributed by atoms with E-state index in [9.17, 15) is 4.79 Å². The molecule has 0 aliphatic heterocycles. The number of hydrogen-bond acceptors (Lipinski definition) is 2. The SMILES string of the molecule is [CH2]CN(CC(=O)O)Cc1ccccc1. The van der Waals surface area contributed by atoms with Crippen molar-refractivity contribution in [3.63, 3.8) is 0 Å². The second-order valence-electron chi connectivity index (χ2n) is 3.09. The lowest BCUT2D eigenvalue weighted by molar-refractivity contribution is -0.138. The van der Waals surface area contributed by atoms with Gasteiger partial charge in [-0.25, -0.2) is 0 Å². The molecule has 0 heterocycles. The molecule has 1 aromatic carbocycles. The van der Waals surface area contributed by atoms with E-state index >= 15 is 0 Å². The number of aliphatic carboxylic acids is 1. The molecule has 1 aromatic rings. The van der Waals surface area contributed by atoms with E-state index in [-0.39, 0.29) is 6.54 Å². The zero-order chi connectivity index (χ0) is 10.4. The van der Waals surface area contributed by atoms with Crippen LogP contribution in [0.15, 0.2) is 30.3 Å². The third kappa shape index (κ3) is 3.58. The van der Waals surface area contributed by atoms with Crippen LogP contribution in [0, 0.1) is 6.92 Å². The molecular formula is C11H14NO2. The van der Waals surface area contributed by atoms with Crippen molar-refractivity contribution in [2.45, 2.75) is 6.54 Å². The fraction of sp³-hybridized carbons (Fsp3) is 0.273. The fourth-order valence-electron chi connectivity index (χ4n) is 1.25. The highest BCUT2D eigenvalue weighted by Gasteiger charge is 2.07. The van der Waals surface area contributed by atoms with Gasteiger partial charge in [0.15, 0.2) is 0 Å². The van der Waals surface area contributed by atoms with E-state index in [0.29, 0.717) is 13.1 Å². The average molecular weight is 192 g/mol. The van der Waals surface area contributed by atoms with Crippen LogP contribution in [0.4, 0.5) is 0 Å². The molecule has 0 bridgehead atoms. The molecule has 0 saturated carbocycles. The first kappa shape index (κ1) is 10.7. The quantitative estimate of drug-likeness (QED) is 0.766.